The molecular weight excluding hydrogens is 258 g/mol. The van der Waals surface area contributed by atoms with Gasteiger partial charge in [0.2, 0.25) is 10.0 Å². The van der Waals surface area contributed by atoms with E-state index in [-0.39, 0.29) is 5.92 Å². The molecule has 3 nitrogen and oxygen atoms in total. The normalized spacial score (nSPS) is 21.9. The van der Waals surface area contributed by atoms with Gasteiger partial charge in [-0.15, -0.1) is 11.6 Å². The lowest BCUT2D eigenvalue weighted by molar-refractivity contribution is 0.465. The van der Waals surface area contributed by atoms with Crippen molar-refractivity contribution in [2.45, 2.75) is 18.2 Å². The summed E-state index contributed by atoms with van der Waals surface area (Å²) in [6, 6.07) is 7.03. The number of nitrogens with zero attached hydrogens (tertiary/aromatic N) is 1. The van der Waals surface area contributed by atoms with Crippen molar-refractivity contribution in [3.8, 4) is 0 Å². The molecule has 0 amide bonds. The summed E-state index contributed by atoms with van der Waals surface area (Å²) >= 11 is 5.77. The highest BCUT2D eigenvalue weighted by molar-refractivity contribution is 7.89. The first-order valence-electron chi connectivity index (χ1n) is 5.67. The van der Waals surface area contributed by atoms with Crippen molar-refractivity contribution in [1.82, 2.24) is 4.31 Å². The Morgan fingerprint density at radius 1 is 1.47 bits per heavy atom. The monoisotopic (exact) mass is 273 g/mol. The average molecular weight is 274 g/mol. The topological polar surface area (TPSA) is 37.4 Å². The highest BCUT2D eigenvalue weighted by Gasteiger charge is 2.31. The first-order chi connectivity index (χ1) is 8.04. The zero-order valence-electron chi connectivity index (χ0n) is 9.77. The minimum atomic E-state index is -3.33. The van der Waals surface area contributed by atoms with Crippen LogP contribution in [0.15, 0.2) is 29.2 Å². The Bertz CT molecular complexity index is 501. The third kappa shape index (κ3) is 2.64. The van der Waals surface area contributed by atoms with Crippen molar-refractivity contribution < 1.29 is 8.42 Å². The largest absolute Gasteiger partial charge is 0.243 e. The van der Waals surface area contributed by atoms with Crippen molar-refractivity contribution in [2.24, 2.45) is 5.92 Å². The van der Waals surface area contributed by atoms with Gasteiger partial charge in [-0.1, -0.05) is 12.1 Å². The quantitative estimate of drug-likeness (QED) is 0.792. The standard InChI is InChI=1S/C12H16ClNO2S/c1-10-3-2-4-12(7-10)17(15,16)14-6-5-11(8-13)9-14/h2-4,7,11H,5-6,8-9H2,1H3. The van der Waals surface area contributed by atoms with Crippen molar-refractivity contribution >= 4 is 21.6 Å². The number of alkyl halides is 1. The van der Waals surface area contributed by atoms with Crippen molar-refractivity contribution in [3.63, 3.8) is 0 Å². The maximum atomic E-state index is 12.3. The Kier molecular flexibility index (Phi) is 3.76. The fourth-order valence-electron chi connectivity index (χ4n) is 2.07. The van der Waals surface area contributed by atoms with Gasteiger partial charge >= 0.3 is 0 Å². The predicted octanol–water partition coefficient (Wildman–Crippen LogP) is 2.24. The first kappa shape index (κ1) is 12.9. The molecule has 1 heterocycles. The second-order valence-electron chi connectivity index (χ2n) is 4.49. The lowest BCUT2D eigenvalue weighted by Crippen LogP contribution is -2.29. The van der Waals surface area contributed by atoms with E-state index >= 15 is 0 Å². The van der Waals surface area contributed by atoms with E-state index in [1.165, 1.54) is 4.31 Å². The number of halogens is 1. The highest BCUT2D eigenvalue weighted by Crippen LogP contribution is 2.25. The molecule has 1 fully saturated rings. The lowest BCUT2D eigenvalue weighted by atomic mass is 10.2. The van der Waals surface area contributed by atoms with Crippen LogP contribution in [0.5, 0.6) is 0 Å². The Morgan fingerprint density at radius 3 is 2.82 bits per heavy atom. The minimum Gasteiger partial charge on any atom is -0.207 e. The lowest BCUT2D eigenvalue weighted by Gasteiger charge is -2.16. The van der Waals surface area contributed by atoms with E-state index in [0.717, 1.165) is 12.0 Å². The molecule has 0 saturated carbocycles. The van der Waals surface area contributed by atoms with Gasteiger partial charge in [-0.05, 0) is 37.0 Å². The molecule has 0 radical (unpaired) electrons. The molecule has 17 heavy (non-hydrogen) atoms. The average Bonchev–Trinajstić information content (AvgIpc) is 2.78. The van der Waals surface area contributed by atoms with Gasteiger partial charge in [-0.3, -0.25) is 0 Å². The van der Waals surface area contributed by atoms with Crippen LogP contribution in [-0.2, 0) is 10.0 Å². The first-order valence-corrected chi connectivity index (χ1v) is 7.64. The molecule has 2 rings (SSSR count). The summed E-state index contributed by atoms with van der Waals surface area (Å²) in [5.74, 6) is 0.816. The summed E-state index contributed by atoms with van der Waals surface area (Å²) in [5, 5.41) is 0. The molecule has 0 N–H and O–H groups in total. The molecule has 0 spiro atoms. The summed E-state index contributed by atoms with van der Waals surface area (Å²) in [6.07, 6.45) is 0.856. The van der Waals surface area contributed by atoms with Crippen LogP contribution in [0.25, 0.3) is 0 Å². The second-order valence-corrected chi connectivity index (χ2v) is 6.74. The summed E-state index contributed by atoms with van der Waals surface area (Å²) in [4.78, 5) is 0.382. The summed E-state index contributed by atoms with van der Waals surface area (Å²) in [6.45, 7) is 3.01. The Labute approximate surface area is 107 Å². The van der Waals surface area contributed by atoms with E-state index < -0.39 is 10.0 Å². The molecule has 1 aliphatic rings. The van der Waals surface area contributed by atoms with Crippen LogP contribution >= 0.6 is 11.6 Å². The highest BCUT2D eigenvalue weighted by atomic mass is 35.5. The van der Waals surface area contributed by atoms with E-state index in [1.54, 1.807) is 18.2 Å². The fourth-order valence-corrected chi connectivity index (χ4v) is 3.95. The minimum absolute atomic E-state index is 0.288. The van der Waals surface area contributed by atoms with Crippen LogP contribution in [-0.4, -0.2) is 31.7 Å². The van der Waals surface area contributed by atoms with Gasteiger partial charge in [0.05, 0.1) is 4.90 Å². The molecule has 1 aliphatic heterocycles. The van der Waals surface area contributed by atoms with Crippen molar-refractivity contribution in [3.05, 3.63) is 29.8 Å². The molecule has 1 aromatic rings. The fraction of sp³-hybridized carbons (Fsp3) is 0.500. The predicted molar refractivity (Wildman–Crippen MR) is 68.8 cm³/mol. The third-order valence-electron chi connectivity index (χ3n) is 3.09. The van der Waals surface area contributed by atoms with Gasteiger partial charge in [0.1, 0.15) is 0 Å². The van der Waals surface area contributed by atoms with Crippen LogP contribution in [0.4, 0.5) is 0 Å². The second kappa shape index (κ2) is 4.96. The molecule has 0 aromatic heterocycles. The number of benzene rings is 1. The van der Waals surface area contributed by atoms with Gasteiger partial charge in [-0.2, -0.15) is 4.31 Å². The Balaban J connectivity index is 2.25. The molecular formula is C12H16ClNO2S. The molecule has 1 unspecified atom stereocenters. The molecule has 0 bridgehead atoms. The van der Waals surface area contributed by atoms with Gasteiger partial charge in [0.25, 0.3) is 0 Å². The van der Waals surface area contributed by atoms with Crippen molar-refractivity contribution in [2.75, 3.05) is 19.0 Å². The number of hydrogen-bond donors (Lipinski definition) is 0. The smallest absolute Gasteiger partial charge is 0.207 e. The van der Waals surface area contributed by atoms with Crippen molar-refractivity contribution in [1.29, 1.82) is 0 Å². The van der Waals surface area contributed by atoms with Gasteiger partial charge in [0.15, 0.2) is 0 Å². The molecule has 0 aliphatic carbocycles. The molecule has 94 valence electrons. The van der Waals surface area contributed by atoms with Crippen LogP contribution in [0.2, 0.25) is 0 Å². The number of hydrogen-bond acceptors (Lipinski definition) is 2. The zero-order chi connectivity index (χ0) is 12.5. The molecule has 1 atom stereocenters. The van der Waals surface area contributed by atoms with E-state index in [9.17, 15) is 8.42 Å². The van der Waals surface area contributed by atoms with Crippen LogP contribution < -0.4 is 0 Å². The summed E-state index contributed by atoms with van der Waals surface area (Å²) in [7, 11) is -3.33. The molecule has 5 heteroatoms. The number of sulfonamides is 1. The van der Waals surface area contributed by atoms with E-state index in [0.29, 0.717) is 23.9 Å². The van der Waals surface area contributed by atoms with Crippen LogP contribution in [0.1, 0.15) is 12.0 Å². The van der Waals surface area contributed by atoms with Gasteiger partial charge < -0.3 is 0 Å². The zero-order valence-corrected chi connectivity index (χ0v) is 11.3. The Hall–Kier alpha value is -0.580. The van der Waals surface area contributed by atoms with Crippen LogP contribution in [0.3, 0.4) is 0 Å². The van der Waals surface area contributed by atoms with Crippen LogP contribution in [0, 0.1) is 12.8 Å². The maximum absolute atomic E-state index is 12.3. The maximum Gasteiger partial charge on any atom is 0.243 e. The Morgan fingerprint density at radius 2 is 2.24 bits per heavy atom. The third-order valence-corrected chi connectivity index (χ3v) is 5.39. The molecule has 1 saturated heterocycles. The SMILES string of the molecule is Cc1cccc(S(=O)(=O)N2CCC(CCl)C2)c1. The number of aryl methyl sites for hydroxylation is 1. The molecule has 1 aromatic carbocycles. The van der Waals surface area contributed by atoms with Gasteiger partial charge in [0, 0.05) is 19.0 Å². The van der Waals surface area contributed by atoms with E-state index in [4.69, 9.17) is 11.6 Å². The summed E-state index contributed by atoms with van der Waals surface area (Å²) in [5.41, 5.74) is 0.958. The van der Waals surface area contributed by atoms with E-state index in [2.05, 4.69) is 0 Å². The van der Waals surface area contributed by atoms with Gasteiger partial charge in [-0.25, -0.2) is 8.42 Å². The number of rotatable bonds is 3. The summed E-state index contributed by atoms with van der Waals surface area (Å²) < 4.78 is 26.2. The van der Waals surface area contributed by atoms with E-state index in [1.807, 2.05) is 13.0 Å².